The van der Waals surface area contributed by atoms with E-state index in [4.69, 9.17) is 0 Å². The highest BCUT2D eigenvalue weighted by molar-refractivity contribution is 5.83. The number of rotatable bonds is 12. The van der Waals surface area contributed by atoms with E-state index in [9.17, 15) is 0 Å². The van der Waals surface area contributed by atoms with E-state index in [2.05, 4.69) is 301 Å². The number of hydrogen-bond donors (Lipinski definition) is 0. The molecule has 2 nitrogen and oxygen atoms in total. The first-order valence-electron chi connectivity index (χ1n) is 23.7. The SMILES string of the molecule is C1=CC(c2ccc(-c3ccc(N(c4ccccc4)c4ccc(-c5ccc(-c6ccccc6)cc5)cc4)cc3)cc2)=CC=C(N(c2ccccc2)c2ccc(-c3ccc(-c4ccccc4)cc3)cc2)C1. The topological polar surface area (TPSA) is 6.48 Å². The highest BCUT2D eigenvalue weighted by atomic mass is 15.1. The molecule has 0 amide bonds. The normalized spacial score (nSPS) is 12.1. The number of benzene rings is 10. The largest absolute Gasteiger partial charge is 0.314 e. The third kappa shape index (κ3) is 9.51. The fourth-order valence-electron chi connectivity index (χ4n) is 9.29. The molecule has 0 unspecified atom stereocenters. The molecule has 11 rings (SSSR count). The van der Waals surface area contributed by atoms with Gasteiger partial charge in [-0.2, -0.15) is 0 Å². The Labute approximate surface area is 406 Å². The van der Waals surface area contributed by atoms with E-state index in [1.165, 1.54) is 72.5 Å². The molecule has 0 fully saturated rings. The van der Waals surface area contributed by atoms with Gasteiger partial charge in [0.1, 0.15) is 0 Å². The highest BCUT2D eigenvalue weighted by Crippen LogP contribution is 2.39. The Morgan fingerprint density at radius 1 is 0.217 bits per heavy atom. The molecule has 0 saturated heterocycles. The first-order valence-corrected chi connectivity index (χ1v) is 23.7. The van der Waals surface area contributed by atoms with Gasteiger partial charge >= 0.3 is 0 Å². The van der Waals surface area contributed by atoms with Gasteiger partial charge in [0.2, 0.25) is 0 Å². The summed E-state index contributed by atoms with van der Waals surface area (Å²) in [5.41, 5.74) is 21.2. The number of allylic oxidation sites excluding steroid dienone is 5. The molecule has 10 aromatic rings. The van der Waals surface area contributed by atoms with Crippen molar-refractivity contribution in [2.24, 2.45) is 0 Å². The second-order valence-electron chi connectivity index (χ2n) is 17.3. The molecule has 10 aromatic carbocycles. The Morgan fingerprint density at radius 3 is 0.841 bits per heavy atom. The molecule has 2 heteroatoms. The number of anilines is 5. The summed E-state index contributed by atoms with van der Waals surface area (Å²) in [4.78, 5) is 4.70. The zero-order chi connectivity index (χ0) is 46.2. The maximum atomic E-state index is 2.37. The van der Waals surface area contributed by atoms with Crippen molar-refractivity contribution in [3.8, 4) is 55.6 Å². The van der Waals surface area contributed by atoms with Gasteiger partial charge in [0.15, 0.2) is 0 Å². The van der Waals surface area contributed by atoms with E-state index in [1.807, 2.05) is 0 Å². The molecule has 0 saturated carbocycles. The Balaban J connectivity index is 0.806. The molecule has 0 aromatic heterocycles. The van der Waals surface area contributed by atoms with E-state index in [-0.39, 0.29) is 0 Å². The quantitative estimate of drug-likeness (QED) is 0.121. The van der Waals surface area contributed by atoms with Gasteiger partial charge < -0.3 is 9.80 Å². The van der Waals surface area contributed by atoms with Gasteiger partial charge in [-0.05, 0) is 134 Å². The van der Waals surface area contributed by atoms with Crippen LogP contribution in [-0.2, 0) is 0 Å². The van der Waals surface area contributed by atoms with Gasteiger partial charge in [0.25, 0.3) is 0 Å². The van der Waals surface area contributed by atoms with Crippen molar-refractivity contribution in [1.29, 1.82) is 0 Å². The van der Waals surface area contributed by atoms with Gasteiger partial charge in [-0.15, -0.1) is 0 Å². The van der Waals surface area contributed by atoms with Crippen LogP contribution in [0.4, 0.5) is 28.4 Å². The molecule has 0 radical (unpaired) electrons. The zero-order valence-corrected chi connectivity index (χ0v) is 38.3. The first kappa shape index (κ1) is 42.6. The van der Waals surface area contributed by atoms with Crippen molar-refractivity contribution in [1.82, 2.24) is 0 Å². The molecular weight excluding hydrogens is 833 g/mol. The smallest absolute Gasteiger partial charge is 0.0462 e. The maximum absolute atomic E-state index is 2.37. The lowest BCUT2D eigenvalue weighted by molar-refractivity contribution is 1.08. The average Bonchev–Trinajstić information content (AvgIpc) is 3.69. The van der Waals surface area contributed by atoms with Gasteiger partial charge in [-0.3, -0.25) is 0 Å². The fourth-order valence-corrected chi connectivity index (χ4v) is 9.29. The Bertz CT molecular complexity index is 3360. The van der Waals surface area contributed by atoms with Crippen LogP contribution in [-0.4, -0.2) is 0 Å². The van der Waals surface area contributed by atoms with E-state index in [0.717, 1.165) is 34.9 Å². The predicted molar refractivity (Wildman–Crippen MR) is 293 cm³/mol. The molecule has 0 atom stereocenters. The van der Waals surface area contributed by atoms with Crippen LogP contribution in [0.5, 0.6) is 0 Å². The lowest BCUT2D eigenvalue weighted by atomic mass is 9.99. The van der Waals surface area contributed by atoms with Crippen molar-refractivity contribution in [2.45, 2.75) is 6.42 Å². The lowest BCUT2D eigenvalue weighted by Gasteiger charge is -2.27. The van der Waals surface area contributed by atoms with Gasteiger partial charge in [-0.1, -0.05) is 224 Å². The average molecular weight is 883 g/mol. The van der Waals surface area contributed by atoms with E-state index in [0.29, 0.717) is 0 Å². The minimum Gasteiger partial charge on any atom is -0.314 e. The zero-order valence-electron chi connectivity index (χ0n) is 38.3. The highest BCUT2D eigenvalue weighted by Gasteiger charge is 2.17. The van der Waals surface area contributed by atoms with Gasteiger partial charge in [0, 0.05) is 40.6 Å². The van der Waals surface area contributed by atoms with Crippen molar-refractivity contribution < 1.29 is 0 Å². The van der Waals surface area contributed by atoms with Crippen molar-refractivity contribution in [3.63, 3.8) is 0 Å². The van der Waals surface area contributed by atoms with Crippen LogP contribution in [0.1, 0.15) is 12.0 Å². The summed E-state index contributed by atoms with van der Waals surface area (Å²) in [6, 6.07) is 95.7. The Kier molecular flexibility index (Phi) is 12.3. The molecule has 1 aliphatic carbocycles. The number of hydrogen-bond acceptors (Lipinski definition) is 2. The fraction of sp³-hybridized carbons (Fsp3) is 0.0149. The van der Waals surface area contributed by atoms with Crippen LogP contribution in [0, 0.1) is 0 Å². The summed E-state index contributed by atoms with van der Waals surface area (Å²) in [5, 5.41) is 0. The molecular formula is C67H50N2. The predicted octanol–water partition coefficient (Wildman–Crippen LogP) is 18.6. The summed E-state index contributed by atoms with van der Waals surface area (Å²) >= 11 is 0. The minimum atomic E-state index is 0.801. The molecule has 1 aliphatic rings. The van der Waals surface area contributed by atoms with Gasteiger partial charge in [-0.25, -0.2) is 0 Å². The lowest BCUT2D eigenvalue weighted by Crippen LogP contribution is -2.15. The summed E-state index contributed by atoms with van der Waals surface area (Å²) < 4.78 is 0. The van der Waals surface area contributed by atoms with E-state index >= 15 is 0 Å². The standard InChI is InChI=1S/C67H50N2/c1-5-14-50(15-6-1)53-24-30-56(31-25-53)59-37-44-65(45-38-59)68(62-19-9-3-10-20-62)64-23-13-18-52(36-43-64)55-28-34-58(35-29-55)61-41-48-67(49-42-61)69(63-21-11-4-12-22-63)66-46-39-60(40-47-66)57-32-26-54(27-33-57)51-16-7-2-8-17-51/h1-22,24-49H,23H2. The molecule has 0 heterocycles. The van der Waals surface area contributed by atoms with E-state index < -0.39 is 0 Å². The Morgan fingerprint density at radius 2 is 0.478 bits per heavy atom. The molecule has 69 heavy (non-hydrogen) atoms. The molecule has 328 valence electrons. The van der Waals surface area contributed by atoms with Crippen LogP contribution in [0.25, 0.3) is 61.2 Å². The van der Waals surface area contributed by atoms with Crippen molar-refractivity contribution >= 4 is 34.0 Å². The monoisotopic (exact) mass is 882 g/mol. The first-order chi connectivity index (χ1) is 34.2. The summed E-state index contributed by atoms with van der Waals surface area (Å²) in [6.07, 6.45) is 9.87. The van der Waals surface area contributed by atoms with E-state index in [1.54, 1.807) is 0 Å². The van der Waals surface area contributed by atoms with Crippen LogP contribution < -0.4 is 9.80 Å². The van der Waals surface area contributed by atoms with Crippen LogP contribution in [0.2, 0.25) is 0 Å². The second kappa shape index (κ2) is 19.9. The van der Waals surface area contributed by atoms with Crippen LogP contribution in [0.3, 0.4) is 0 Å². The molecule has 0 aliphatic heterocycles. The van der Waals surface area contributed by atoms with Gasteiger partial charge in [0.05, 0.1) is 0 Å². The third-order valence-electron chi connectivity index (χ3n) is 13.0. The summed E-state index contributed by atoms with van der Waals surface area (Å²) in [5.74, 6) is 0. The maximum Gasteiger partial charge on any atom is 0.0462 e. The molecule has 0 N–H and O–H groups in total. The molecule has 0 spiro atoms. The van der Waals surface area contributed by atoms with Crippen molar-refractivity contribution in [2.75, 3.05) is 9.80 Å². The van der Waals surface area contributed by atoms with Crippen LogP contribution >= 0.6 is 0 Å². The number of para-hydroxylation sites is 2. The second-order valence-corrected chi connectivity index (χ2v) is 17.3. The number of nitrogens with zero attached hydrogens (tertiary/aromatic N) is 2. The van der Waals surface area contributed by atoms with Crippen molar-refractivity contribution in [3.05, 3.63) is 302 Å². The molecule has 0 bridgehead atoms. The van der Waals surface area contributed by atoms with Crippen LogP contribution in [0.15, 0.2) is 297 Å². The Hall–Kier alpha value is -8.98. The summed E-state index contributed by atoms with van der Waals surface area (Å²) in [6.45, 7) is 0. The summed E-state index contributed by atoms with van der Waals surface area (Å²) in [7, 11) is 0. The minimum absolute atomic E-state index is 0.801. The third-order valence-corrected chi connectivity index (χ3v) is 13.0.